The molecule has 27 heavy (non-hydrogen) atoms. The zero-order valence-corrected chi connectivity index (χ0v) is 17.0. The molecule has 1 heterocycles. The number of ether oxygens (including phenoxy) is 1. The highest BCUT2D eigenvalue weighted by molar-refractivity contribution is 8.00. The van der Waals surface area contributed by atoms with Gasteiger partial charge in [0.15, 0.2) is 5.16 Å². The SMILES string of the molecule is COc1cccc(-n2ccnc2SC(C)C(=O)Nc2c(Cl)cccc2Cl)c1. The zero-order valence-electron chi connectivity index (χ0n) is 14.6. The summed E-state index contributed by atoms with van der Waals surface area (Å²) in [5.74, 6) is 0.534. The molecule has 140 valence electrons. The van der Waals surface area contributed by atoms with Crippen LogP contribution in [0.25, 0.3) is 5.69 Å². The molecule has 8 heteroatoms. The van der Waals surface area contributed by atoms with Crippen LogP contribution < -0.4 is 10.1 Å². The first-order valence-electron chi connectivity index (χ1n) is 8.09. The first-order chi connectivity index (χ1) is 13.0. The summed E-state index contributed by atoms with van der Waals surface area (Å²) >= 11 is 13.6. The molecule has 0 aliphatic rings. The van der Waals surface area contributed by atoms with Crippen LogP contribution in [0.15, 0.2) is 60.0 Å². The molecular formula is C19H17Cl2N3O2S. The van der Waals surface area contributed by atoms with Crippen molar-refractivity contribution >= 4 is 46.6 Å². The summed E-state index contributed by atoms with van der Waals surface area (Å²) in [6.45, 7) is 1.80. The Balaban J connectivity index is 1.76. The topological polar surface area (TPSA) is 56.2 Å². The third-order valence-corrected chi connectivity index (χ3v) is 5.51. The quantitative estimate of drug-likeness (QED) is 0.548. The molecule has 0 radical (unpaired) electrons. The van der Waals surface area contributed by atoms with Crippen molar-refractivity contribution in [2.24, 2.45) is 0 Å². The van der Waals surface area contributed by atoms with Gasteiger partial charge >= 0.3 is 0 Å². The zero-order chi connectivity index (χ0) is 19.4. The van der Waals surface area contributed by atoms with Crippen molar-refractivity contribution in [3.8, 4) is 11.4 Å². The van der Waals surface area contributed by atoms with E-state index in [0.717, 1.165) is 11.4 Å². The van der Waals surface area contributed by atoms with Gasteiger partial charge in [-0.15, -0.1) is 0 Å². The van der Waals surface area contributed by atoms with Crippen LogP contribution in [-0.2, 0) is 4.79 Å². The Labute approximate surface area is 171 Å². The normalized spacial score (nSPS) is 11.9. The van der Waals surface area contributed by atoms with E-state index in [4.69, 9.17) is 27.9 Å². The van der Waals surface area contributed by atoms with Crippen molar-refractivity contribution in [3.05, 3.63) is 64.9 Å². The minimum absolute atomic E-state index is 0.213. The second-order valence-corrected chi connectivity index (χ2v) is 7.75. The van der Waals surface area contributed by atoms with Gasteiger partial charge in [-0.05, 0) is 31.2 Å². The summed E-state index contributed by atoms with van der Waals surface area (Å²) in [5, 5.41) is 3.85. The average Bonchev–Trinajstić information content (AvgIpc) is 3.12. The molecular weight excluding hydrogens is 405 g/mol. The number of imidazole rings is 1. The standard InChI is InChI=1S/C19H17Cl2N3O2S/c1-12(18(25)23-17-15(20)7-4-8-16(17)21)27-19-22-9-10-24(19)13-5-3-6-14(11-13)26-2/h3-12H,1-2H3,(H,23,25). The summed E-state index contributed by atoms with van der Waals surface area (Å²) in [6.07, 6.45) is 3.53. The van der Waals surface area contributed by atoms with Gasteiger partial charge in [0, 0.05) is 18.5 Å². The second-order valence-electron chi connectivity index (χ2n) is 5.63. The number of aromatic nitrogens is 2. The maximum absolute atomic E-state index is 12.6. The number of thioether (sulfide) groups is 1. The molecule has 2 aromatic carbocycles. The first-order valence-corrected chi connectivity index (χ1v) is 9.72. The highest BCUT2D eigenvalue weighted by Gasteiger charge is 2.20. The van der Waals surface area contributed by atoms with E-state index >= 15 is 0 Å². The fourth-order valence-electron chi connectivity index (χ4n) is 2.39. The highest BCUT2D eigenvalue weighted by Crippen LogP contribution is 2.31. The molecule has 0 aliphatic carbocycles. The van der Waals surface area contributed by atoms with Crippen molar-refractivity contribution in [3.63, 3.8) is 0 Å². The largest absolute Gasteiger partial charge is 0.497 e. The number of hydrogen-bond donors (Lipinski definition) is 1. The number of carbonyl (C=O) groups excluding carboxylic acids is 1. The summed E-state index contributed by atoms with van der Waals surface area (Å²) < 4.78 is 7.17. The predicted molar refractivity (Wildman–Crippen MR) is 111 cm³/mol. The summed E-state index contributed by atoms with van der Waals surface area (Å²) in [4.78, 5) is 17.0. The van der Waals surface area contributed by atoms with Crippen LogP contribution >= 0.6 is 35.0 Å². The summed E-state index contributed by atoms with van der Waals surface area (Å²) in [7, 11) is 1.62. The third-order valence-electron chi connectivity index (χ3n) is 3.80. The Morgan fingerprint density at radius 2 is 1.93 bits per heavy atom. The van der Waals surface area contributed by atoms with Crippen molar-refractivity contribution < 1.29 is 9.53 Å². The lowest BCUT2D eigenvalue weighted by atomic mass is 10.3. The van der Waals surface area contributed by atoms with Gasteiger partial charge in [-0.2, -0.15) is 0 Å². The summed E-state index contributed by atoms with van der Waals surface area (Å²) in [6, 6.07) is 12.7. The number of para-hydroxylation sites is 1. The molecule has 0 saturated carbocycles. The molecule has 0 fully saturated rings. The number of amides is 1. The van der Waals surface area contributed by atoms with Crippen LogP contribution in [0.4, 0.5) is 5.69 Å². The molecule has 1 amide bonds. The molecule has 3 aromatic rings. The Hall–Kier alpha value is -2.15. The molecule has 0 bridgehead atoms. The first kappa shape index (κ1) is 19.6. The summed E-state index contributed by atoms with van der Waals surface area (Å²) in [5.41, 5.74) is 1.31. The van der Waals surface area contributed by atoms with Gasteiger partial charge in [0.1, 0.15) is 5.75 Å². The van der Waals surface area contributed by atoms with Crippen LogP contribution in [0.3, 0.4) is 0 Å². The minimum Gasteiger partial charge on any atom is -0.497 e. The van der Waals surface area contributed by atoms with E-state index < -0.39 is 5.25 Å². The maximum atomic E-state index is 12.6. The fourth-order valence-corrected chi connectivity index (χ4v) is 3.76. The number of nitrogens with zero attached hydrogens (tertiary/aromatic N) is 2. The monoisotopic (exact) mass is 421 g/mol. The number of benzene rings is 2. The highest BCUT2D eigenvalue weighted by atomic mass is 35.5. The van der Waals surface area contributed by atoms with E-state index in [-0.39, 0.29) is 5.91 Å². The molecule has 1 unspecified atom stereocenters. The van der Waals surface area contributed by atoms with E-state index in [9.17, 15) is 4.79 Å². The van der Waals surface area contributed by atoms with Gasteiger partial charge in [-0.1, -0.05) is 47.1 Å². The molecule has 1 N–H and O–H groups in total. The minimum atomic E-state index is -0.413. The van der Waals surface area contributed by atoms with Crippen LogP contribution in [0.1, 0.15) is 6.92 Å². The lowest BCUT2D eigenvalue weighted by molar-refractivity contribution is -0.115. The molecule has 5 nitrogen and oxygen atoms in total. The van der Waals surface area contributed by atoms with Crippen molar-refractivity contribution in [1.82, 2.24) is 9.55 Å². The van der Waals surface area contributed by atoms with Crippen LogP contribution in [0, 0.1) is 0 Å². The Kier molecular flexibility index (Phi) is 6.31. The molecule has 1 aromatic heterocycles. The van der Waals surface area contributed by atoms with Crippen molar-refractivity contribution in [2.75, 3.05) is 12.4 Å². The number of carbonyl (C=O) groups is 1. The molecule has 0 aliphatic heterocycles. The van der Waals surface area contributed by atoms with Crippen LogP contribution in [0.2, 0.25) is 10.0 Å². The van der Waals surface area contributed by atoms with Gasteiger partial charge in [0.05, 0.1) is 33.8 Å². The molecule has 0 saturated heterocycles. The smallest absolute Gasteiger partial charge is 0.237 e. The molecule has 0 spiro atoms. The van der Waals surface area contributed by atoms with Crippen molar-refractivity contribution in [1.29, 1.82) is 0 Å². The van der Waals surface area contributed by atoms with Gasteiger partial charge in [0.2, 0.25) is 5.91 Å². The second kappa shape index (κ2) is 8.69. The van der Waals surface area contributed by atoms with Gasteiger partial charge in [0.25, 0.3) is 0 Å². The van der Waals surface area contributed by atoms with E-state index in [1.165, 1.54) is 11.8 Å². The van der Waals surface area contributed by atoms with E-state index in [0.29, 0.717) is 20.9 Å². The number of rotatable bonds is 6. The third kappa shape index (κ3) is 4.58. The number of methoxy groups -OCH3 is 1. The van der Waals surface area contributed by atoms with Crippen LogP contribution in [-0.4, -0.2) is 27.8 Å². The Bertz CT molecular complexity index is 941. The van der Waals surface area contributed by atoms with E-state index in [1.807, 2.05) is 35.0 Å². The van der Waals surface area contributed by atoms with Crippen molar-refractivity contribution in [2.45, 2.75) is 17.3 Å². The van der Waals surface area contributed by atoms with Gasteiger partial charge < -0.3 is 10.1 Å². The number of anilines is 1. The Morgan fingerprint density at radius 1 is 1.22 bits per heavy atom. The van der Waals surface area contributed by atoms with E-state index in [2.05, 4.69) is 10.3 Å². The Morgan fingerprint density at radius 3 is 2.63 bits per heavy atom. The van der Waals surface area contributed by atoms with Gasteiger partial charge in [-0.3, -0.25) is 9.36 Å². The molecule has 3 rings (SSSR count). The van der Waals surface area contributed by atoms with Crippen LogP contribution in [0.5, 0.6) is 5.75 Å². The molecule has 1 atom stereocenters. The number of halogens is 2. The number of hydrogen-bond acceptors (Lipinski definition) is 4. The number of nitrogens with one attached hydrogen (secondary N) is 1. The fraction of sp³-hybridized carbons (Fsp3) is 0.158. The maximum Gasteiger partial charge on any atom is 0.237 e. The average molecular weight is 422 g/mol. The predicted octanol–water partition coefficient (Wildman–Crippen LogP) is 5.31. The van der Waals surface area contributed by atoms with Gasteiger partial charge in [-0.25, -0.2) is 4.98 Å². The lowest BCUT2D eigenvalue weighted by Gasteiger charge is -2.15. The van der Waals surface area contributed by atoms with E-state index in [1.54, 1.807) is 38.4 Å². The lowest BCUT2D eigenvalue weighted by Crippen LogP contribution is -2.23.